The van der Waals surface area contributed by atoms with Gasteiger partial charge in [-0.05, 0) is 18.9 Å². The molecule has 1 fully saturated rings. The summed E-state index contributed by atoms with van der Waals surface area (Å²) in [4.78, 5) is 16.0. The maximum absolute atomic E-state index is 12.1. The number of nitrogen functional groups attached to an aromatic ring is 1. The standard InChI is InChI=1S/C11H14N6O/c12-7-3-9(17(5-7)8-1-2-8)11(18)13-4-10-14-6-15-16-10/h3,5-6,8H,1-2,4,12H2,(H,13,18)(H,14,15,16). The molecule has 1 aliphatic rings. The van der Waals surface area contributed by atoms with Gasteiger partial charge in [-0.2, -0.15) is 5.10 Å². The average molecular weight is 246 g/mol. The first-order valence-electron chi connectivity index (χ1n) is 5.84. The molecule has 0 saturated heterocycles. The van der Waals surface area contributed by atoms with Crippen molar-refractivity contribution in [2.24, 2.45) is 0 Å². The third-order valence-electron chi connectivity index (χ3n) is 2.92. The highest BCUT2D eigenvalue weighted by Crippen LogP contribution is 2.37. The van der Waals surface area contributed by atoms with Crippen molar-refractivity contribution in [1.29, 1.82) is 0 Å². The number of hydrogen-bond donors (Lipinski definition) is 3. The van der Waals surface area contributed by atoms with E-state index >= 15 is 0 Å². The molecule has 0 aromatic carbocycles. The van der Waals surface area contributed by atoms with Gasteiger partial charge in [0.25, 0.3) is 5.91 Å². The predicted octanol–water partition coefficient (Wildman–Crippen LogP) is 0.453. The van der Waals surface area contributed by atoms with E-state index in [1.807, 2.05) is 10.8 Å². The van der Waals surface area contributed by atoms with Crippen LogP contribution in [-0.2, 0) is 6.54 Å². The van der Waals surface area contributed by atoms with Crippen molar-refractivity contribution >= 4 is 11.6 Å². The van der Waals surface area contributed by atoms with Crippen LogP contribution >= 0.6 is 0 Å². The fourth-order valence-corrected chi connectivity index (χ4v) is 1.91. The summed E-state index contributed by atoms with van der Waals surface area (Å²) in [7, 11) is 0. The van der Waals surface area contributed by atoms with Gasteiger partial charge in [0.1, 0.15) is 17.8 Å². The second-order valence-electron chi connectivity index (χ2n) is 4.41. The largest absolute Gasteiger partial charge is 0.397 e. The van der Waals surface area contributed by atoms with Gasteiger partial charge in [-0.15, -0.1) is 0 Å². The lowest BCUT2D eigenvalue weighted by Gasteiger charge is -2.07. The molecule has 0 unspecified atom stereocenters. The second-order valence-corrected chi connectivity index (χ2v) is 4.41. The molecule has 0 atom stereocenters. The van der Waals surface area contributed by atoms with Crippen LogP contribution in [0.15, 0.2) is 18.6 Å². The molecule has 3 rings (SSSR count). The smallest absolute Gasteiger partial charge is 0.268 e. The summed E-state index contributed by atoms with van der Waals surface area (Å²) in [6.07, 6.45) is 5.44. The molecule has 0 aliphatic heterocycles. The molecule has 2 aromatic heterocycles. The number of rotatable bonds is 4. The minimum absolute atomic E-state index is 0.144. The summed E-state index contributed by atoms with van der Waals surface area (Å²) in [6.45, 7) is 0.328. The van der Waals surface area contributed by atoms with Gasteiger partial charge in [-0.1, -0.05) is 0 Å². The average Bonchev–Trinajstić information content (AvgIpc) is 2.92. The maximum Gasteiger partial charge on any atom is 0.268 e. The first-order valence-corrected chi connectivity index (χ1v) is 5.84. The summed E-state index contributed by atoms with van der Waals surface area (Å²) in [5.74, 6) is 0.482. The first kappa shape index (κ1) is 10.8. The number of carbonyl (C=O) groups is 1. The highest BCUT2D eigenvalue weighted by Gasteiger charge is 2.27. The third-order valence-corrected chi connectivity index (χ3v) is 2.92. The Morgan fingerprint density at radius 1 is 1.61 bits per heavy atom. The van der Waals surface area contributed by atoms with E-state index in [2.05, 4.69) is 20.5 Å². The predicted molar refractivity (Wildman–Crippen MR) is 64.7 cm³/mol. The summed E-state index contributed by atoms with van der Waals surface area (Å²) in [5.41, 5.74) is 6.97. The van der Waals surface area contributed by atoms with Crippen molar-refractivity contribution in [2.45, 2.75) is 25.4 Å². The van der Waals surface area contributed by atoms with Crippen LogP contribution in [0, 0.1) is 0 Å². The van der Waals surface area contributed by atoms with E-state index in [1.54, 1.807) is 6.07 Å². The Balaban J connectivity index is 1.71. The third kappa shape index (κ3) is 2.06. The molecule has 1 amide bonds. The van der Waals surface area contributed by atoms with E-state index in [1.165, 1.54) is 6.33 Å². The lowest BCUT2D eigenvalue weighted by molar-refractivity contribution is 0.0940. The van der Waals surface area contributed by atoms with Crippen LogP contribution in [0.2, 0.25) is 0 Å². The molecule has 7 heteroatoms. The SMILES string of the molecule is Nc1cc(C(=O)NCc2ncn[nH]2)n(C2CC2)c1. The van der Waals surface area contributed by atoms with Gasteiger partial charge in [0, 0.05) is 12.2 Å². The first-order chi connectivity index (χ1) is 8.74. The lowest BCUT2D eigenvalue weighted by atomic mass is 10.3. The Hall–Kier alpha value is -2.31. The van der Waals surface area contributed by atoms with E-state index in [-0.39, 0.29) is 5.91 Å². The normalized spacial score (nSPS) is 14.7. The molecule has 1 saturated carbocycles. The molecular weight excluding hydrogens is 232 g/mol. The molecule has 4 N–H and O–H groups in total. The molecule has 7 nitrogen and oxygen atoms in total. The van der Waals surface area contributed by atoms with Gasteiger partial charge in [0.05, 0.1) is 12.2 Å². The Bertz CT molecular complexity index is 554. The monoisotopic (exact) mass is 246 g/mol. The lowest BCUT2D eigenvalue weighted by Crippen LogP contribution is -2.25. The van der Waals surface area contributed by atoms with Crippen LogP contribution in [0.25, 0.3) is 0 Å². The Morgan fingerprint density at radius 3 is 3.11 bits per heavy atom. The fourth-order valence-electron chi connectivity index (χ4n) is 1.91. The summed E-state index contributed by atoms with van der Waals surface area (Å²) in [5, 5.41) is 9.20. The highest BCUT2D eigenvalue weighted by atomic mass is 16.1. The number of nitrogens with zero attached hydrogens (tertiary/aromatic N) is 3. The van der Waals surface area contributed by atoms with Crippen LogP contribution in [-0.4, -0.2) is 25.7 Å². The van der Waals surface area contributed by atoms with Crippen molar-refractivity contribution in [3.63, 3.8) is 0 Å². The number of H-pyrrole nitrogens is 1. The van der Waals surface area contributed by atoms with Gasteiger partial charge < -0.3 is 15.6 Å². The number of nitrogens with two attached hydrogens (primary N) is 1. The number of anilines is 1. The van der Waals surface area contributed by atoms with Crippen molar-refractivity contribution in [3.05, 3.63) is 30.1 Å². The van der Waals surface area contributed by atoms with E-state index in [0.29, 0.717) is 29.8 Å². The number of hydrogen-bond acceptors (Lipinski definition) is 4. The van der Waals surface area contributed by atoms with Gasteiger partial charge in [0.2, 0.25) is 0 Å². The molecule has 2 heterocycles. The summed E-state index contributed by atoms with van der Waals surface area (Å²) >= 11 is 0. The van der Waals surface area contributed by atoms with Crippen molar-refractivity contribution in [1.82, 2.24) is 25.1 Å². The number of amides is 1. The van der Waals surface area contributed by atoms with E-state index in [4.69, 9.17) is 5.73 Å². The quantitative estimate of drug-likeness (QED) is 0.729. The number of aromatic nitrogens is 4. The van der Waals surface area contributed by atoms with E-state index in [0.717, 1.165) is 12.8 Å². The molecule has 0 bridgehead atoms. The van der Waals surface area contributed by atoms with E-state index < -0.39 is 0 Å². The fraction of sp³-hybridized carbons (Fsp3) is 0.364. The Labute approximate surface area is 103 Å². The molecular formula is C11H14N6O. The van der Waals surface area contributed by atoms with Crippen molar-refractivity contribution in [2.75, 3.05) is 5.73 Å². The molecule has 94 valence electrons. The second kappa shape index (κ2) is 4.17. The van der Waals surface area contributed by atoms with Crippen molar-refractivity contribution in [3.8, 4) is 0 Å². The van der Waals surface area contributed by atoms with Gasteiger partial charge in [-0.3, -0.25) is 9.89 Å². The van der Waals surface area contributed by atoms with Crippen molar-refractivity contribution < 1.29 is 4.79 Å². The highest BCUT2D eigenvalue weighted by molar-refractivity contribution is 5.93. The van der Waals surface area contributed by atoms with Crippen LogP contribution in [0.4, 0.5) is 5.69 Å². The summed E-state index contributed by atoms with van der Waals surface area (Å²) < 4.78 is 1.95. The van der Waals surface area contributed by atoms with Crippen LogP contribution < -0.4 is 11.1 Å². The topological polar surface area (TPSA) is 102 Å². The molecule has 2 aromatic rings. The maximum atomic E-state index is 12.1. The molecule has 0 spiro atoms. The number of nitrogens with one attached hydrogen (secondary N) is 2. The zero-order valence-electron chi connectivity index (χ0n) is 9.76. The van der Waals surface area contributed by atoms with E-state index in [9.17, 15) is 4.79 Å². The Kier molecular flexibility index (Phi) is 2.51. The number of aromatic amines is 1. The van der Waals surface area contributed by atoms with Gasteiger partial charge in [0.15, 0.2) is 0 Å². The molecule has 1 aliphatic carbocycles. The zero-order chi connectivity index (χ0) is 12.5. The minimum atomic E-state index is -0.144. The molecule has 18 heavy (non-hydrogen) atoms. The minimum Gasteiger partial charge on any atom is -0.397 e. The Morgan fingerprint density at radius 2 is 2.44 bits per heavy atom. The van der Waals surface area contributed by atoms with Crippen LogP contribution in [0.1, 0.15) is 35.2 Å². The zero-order valence-corrected chi connectivity index (χ0v) is 9.76. The number of carbonyl (C=O) groups excluding carboxylic acids is 1. The van der Waals surface area contributed by atoms with Gasteiger partial charge in [-0.25, -0.2) is 4.98 Å². The van der Waals surface area contributed by atoms with Gasteiger partial charge >= 0.3 is 0 Å². The van der Waals surface area contributed by atoms with Crippen LogP contribution in [0.3, 0.4) is 0 Å². The van der Waals surface area contributed by atoms with Crippen LogP contribution in [0.5, 0.6) is 0 Å². The molecule has 0 radical (unpaired) electrons. The summed E-state index contributed by atoms with van der Waals surface area (Å²) in [6, 6.07) is 2.13.